The highest BCUT2D eigenvalue weighted by atomic mass is 19.4. The molecule has 0 unspecified atom stereocenters. The van der Waals surface area contributed by atoms with Gasteiger partial charge in [0.1, 0.15) is 17.1 Å². The molecule has 25 heavy (non-hydrogen) atoms. The number of hydrogen-bond donors (Lipinski definition) is 1. The smallest absolute Gasteiger partial charge is 0.416 e. The highest BCUT2D eigenvalue weighted by Gasteiger charge is 2.30. The molecule has 0 fully saturated rings. The van der Waals surface area contributed by atoms with E-state index < -0.39 is 11.7 Å². The SMILES string of the molecule is COc1ccc2oc(Cc3cccc(C(F)(F)F)c3)c(CCN)c2c1. The molecular formula is C19H18F3NO2. The quantitative estimate of drug-likeness (QED) is 0.735. The molecule has 0 aliphatic carbocycles. The van der Waals surface area contributed by atoms with Gasteiger partial charge in [-0.15, -0.1) is 0 Å². The second kappa shape index (κ2) is 6.80. The predicted octanol–water partition coefficient (Wildman–Crippen LogP) is 4.55. The summed E-state index contributed by atoms with van der Waals surface area (Å²) in [6, 6.07) is 10.7. The summed E-state index contributed by atoms with van der Waals surface area (Å²) < 4.78 is 49.8. The van der Waals surface area contributed by atoms with Crippen LogP contribution in [0.4, 0.5) is 13.2 Å². The summed E-state index contributed by atoms with van der Waals surface area (Å²) in [5, 5.41) is 0.881. The van der Waals surface area contributed by atoms with Crippen molar-refractivity contribution in [1.82, 2.24) is 0 Å². The average molecular weight is 349 g/mol. The Bertz CT molecular complexity index is 884. The fraction of sp³-hybridized carbons (Fsp3) is 0.263. The van der Waals surface area contributed by atoms with Gasteiger partial charge in [0, 0.05) is 17.4 Å². The normalized spacial score (nSPS) is 11.9. The van der Waals surface area contributed by atoms with Gasteiger partial charge in [0.05, 0.1) is 12.7 Å². The maximum absolute atomic E-state index is 12.9. The van der Waals surface area contributed by atoms with Crippen LogP contribution in [0.3, 0.4) is 0 Å². The van der Waals surface area contributed by atoms with E-state index in [2.05, 4.69) is 0 Å². The van der Waals surface area contributed by atoms with Crippen LogP contribution in [0.1, 0.15) is 22.5 Å². The first-order chi connectivity index (χ1) is 11.9. The molecule has 3 aromatic rings. The number of nitrogens with two attached hydrogens (primary N) is 1. The molecule has 1 heterocycles. The zero-order valence-corrected chi connectivity index (χ0v) is 13.7. The van der Waals surface area contributed by atoms with Crippen molar-refractivity contribution >= 4 is 11.0 Å². The molecule has 0 aliphatic heterocycles. The molecule has 2 N–H and O–H groups in total. The van der Waals surface area contributed by atoms with Crippen molar-refractivity contribution in [2.45, 2.75) is 19.0 Å². The molecule has 2 aromatic carbocycles. The van der Waals surface area contributed by atoms with Gasteiger partial charge in [-0.1, -0.05) is 18.2 Å². The molecular weight excluding hydrogens is 331 g/mol. The van der Waals surface area contributed by atoms with E-state index in [1.807, 2.05) is 6.07 Å². The van der Waals surface area contributed by atoms with Crippen molar-refractivity contribution in [2.75, 3.05) is 13.7 Å². The second-order valence-corrected chi connectivity index (χ2v) is 5.78. The third-order valence-electron chi connectivity index (χ3n) is 4.09. The molecule has 0 saturated heterocycles. The fourth-order valence-electron chi connectivity index (χ4n) is 2.91. The number of rotatable bonds is 5. The highest BCUT2D eigenvalue weighted by Crippen LogP contribution is 2.33. The first-order valence-electron chi connectivity index (χ1n) is 7.87. The van der Waals surface area contributed by atoms with Gasteiger partial charge in [0.15, 0.2) is 0 Å². The molecule has 1 aromatic heterocycles. The summed E-state index contributed by atoms with van der Waals surface area (Å²) in [7, 11) is 1.58. The molecule has 0 saturated carbocycles. The predicted molar refractivity (Wildman–Crippen MR) is 89.8 cm³/mol. The summed E-state index contributed by atoms with van der Waals surface area (Å²) in [6.45, 7) is 0.418. The van der Waals surface area contributed by atoms with Gasteiger partial charge in [0.2, 0.25) is 0 Å². The van der Waals surface area contributed by atoms with Gasteiger partial charge in [-0.2, -0.15) is 13.2 Å². The van der Waals surface area contributed by atoms with Gasteiger partial charge >= 0.3 is 6.18 Å². The Labute approximate surface area is 143 Å². The van der Waals surface area contributed by atoms with Crippen LogP contribution >= 0.6 is 0 Å². The lowest BCUT2D eigenvalue weighted by molar-refractivity contribution is -0.137. The third kappa shape index (κ3) is 3.64. The Morgan fingerprint density at radius 3 is 2.60 bits per heavy atom. The van der Waals surface area contributed by atoms with E-state index in [0.717, 1.165) is 23.1 Å². The minimum Gasteiger partial charge on any atom is -0.497 e. The number of alkyl halides is 3. The highest BCUT2D eigenvalue weighted by molar-refractivity contribution is 5.84. The summed E-state index contributed by atoms with van der Waals surface area (Å²) >= 11 is 0. The van der Waals surface area contributed by atoms with E-state index in [9.17, 15) is 13.2 Å². The first kappa shape index (κ1) is 17.4. The Morgan fingerprint density at radius 2 is 1.92 bits per heavy atom. The number of furan rings is 1. The number of hydrogen-bond acceptors (Lipinski definition) is 3. The summed E-state index contributed by atoms with van der Waals surface area (Å²) in [5.41, 5.74) is 7.16. The molecule has 0 atom stereocenters. The van der Waals surface area contributed by atoms with Gasteiger partial charge in [-0.25, -0.2) is 0 Å². The lowest BCUT2D eigenvalue weighted by atomic mass is 10.0. The van der Waals surface area contributed by atoms with Crippen LogP contribution in [0.5, 0.6) is 5.75 Å². The van der Waals surface area contributed by atoms with Crippen LogP contribution in [0.15, 0.2) is 46.9 Å². The molecule has 132 valence electrons. The number of benzene rings is 2. The van der Waals surface area contributed by atoms with Crippen LogP contribution in [-0.4, -0.2) is 13.7 Å². The average Bonchev–Trinajstić information content (AvgIpc) is 2.91. The molecule has 0 bridgehead atoms. The Kier molecular flexibility index (Phi) is 4.72. The maximum atomic E-state index is 12.9. The van der Waals surface area contributed by atoms with Gasteiger partial charge in [-0.3, -0.25) is 0 Å². The van der Waals surface area contributed by atoms with E-state index in [-0.39, 0.29) is 6.42 Å². The topological polar surface area (TPSA) is 48.4 Å². The minimum atomic E-state index is -4.36. The monoisotopic (exact) mass is 349 g/mol. The summed E-state index contributed by atoms with van der Waals surface area (Å²) in [4.78, 5) is 0. The van der Waals surface area contributed by atoms with Crippen LogP contribution in [0.2, 0.25) is 0 Å². The van der Waals surface area contributed by atoms with Crippen LogP contribution < -0.4 is 10.5 Å². The summed E-state index contributed by atoms with van der Waals surface area (Å²) in [6.07, 6.45) is -3.51. The van der Waals surface area contributed by atoms with Gasteiger partial charge in [0.25, 0.3) is 0 Å². The number of fused-ring (bicyclic) bond motifs is 1. The first-order valence-corrected chi connectivity index (χ1v) is 7.87. The van der Waals surface area contributed by atoms with Crippen molar-refractivity contribution in [2.24, 2.45) is 5.73 Å². The van der Waals surface area contributed by atoms with E-state index in [1.165, 1.54) is 6.07 Å². The number of methoxy groups -OCH3 is 1. The zero-order chi connectivity index (χ0) is 18.0. The van der Waals surface area contributed by atoms with E-state index >= 15 is 0 Å². The lowest BCUT2D eigenvalue weighted by Crippen LogP contribution is -2.06. The molecule has 0 aliphatic rings. The largest absolute Gasteiger partial charge is 0.497 e. The van der Waals surface area contributed by atoms with E-state index in [1.54, 1.807) is 25.3 Å². The fourth-order valence-corrected chi connectivity index (χ4v) is 2.91. The zero-order valence-electron chi connectivity index (χ0n) is 13.7. The lowest BCUT2D eigenvalue weighted by Gasteiger charge is -2.08. The molecule has 3 nitrogen and oxygen atoms in total. The molecule has 0 spiro atoms. The van der Waals surface area contributed by atoms with Crippen molar-refractivity contribution in [1.29, 1.82) is 0 Å². The van der Waals surface area contributed by atoms with Crippen molar-refractivity contribution in [3.63, 3.8) is 0 Å². The van der Waals surface area contributed by atoms with Gasteiger partial charge in [-0.05, 0) is 42.8 Å². The number of ether oxygens (including phenoxy) is 1. The van der Waals surface area contributed by atoms with Crippen LogP contribution in [0, 0.1) is 0 Å². The van der Waals surface area contributed by atoms with Crippen molar-refractivity contribution in [3.05, 3.63) is 64.9 Å². The van der Waals surface area contributed by atoms with Crippen LogP contribution in [0.25, 0.3) is 11.0 Å². The minimum absolute atomic E-state index is 0.274. The Morgan fingerprint density at radius 1 is 1.12 bits per heavy atom. The Balaban J connectivity index is 2.02. The molecule has 0 amide bonds. The molecule has 3 rings (SSSR count). The Hall–Kier alpha value is -2.47. The van der Waals surface area contributed by atoms with E-state index in [0.29, 0.717) is 35.6 Å². The van der Waals surface area contributed by atoms with Gasteiger partial charge < -0.3 is 14.9 Å². The standard InChI is InChI=1S/C19H18F3NO2/c1-24-14-5-6-17-16(11-14)15(7-8-23)18(25-17)10-12-3-2-4-13(9-12)19(20,21)22/h2-6,9,11H,7-8,10,23H2,1H3. The number of halogens is 3. The second-order valence-electron chi connectivity index (χ2n) is 5.78. The van der Waals surface area contributed by atoms with Crippen molar-refractivity contribution in [3.8, 4) is 5.75 Å². The maximum Gasteiger partial charge on any atom is 0.416 e. The van der Waals surface area contributed by atoms with Crippen molar-refractivity contribution < 1.29 is 22.3 Å². The third-order valence-corrected chi connectivity index (χ3v) is 4.09. The van der Waals surface area contributed by atoms with E-state index in [4.69, 9.17) is 14.9 Å². The molecule has 6 heteroatoms. The summed E-state index contributed by atoms with van der Waals surface area (Å²) in [5.74, 6) is 1.32. The molecule has 0 radical (unpaired) electrons. The van der Waals surface area contributed by atoms with Crippen LogP contribution in [-0.2, 0) is 19.0 Å².